The quantitative estimate of drug-likeness (QED) is 0.648. The third kappa shape index (κ3) is 3.88. The molecule has 0 bridgehead atoms. The summed E-state index contributed by atoms with van der Waals surface area (Å²) in [6, 6.07) is 5.37. The average molecular weight is 469 g/mol. The summed E-state index contributed by atoms with van der Waals surface area (Å²) in [4.78, 5) is 31.4. The van der Waals surface area contributed by atoms with Gasteiger partial charge in [-0.3, -0.25) is 9.59 Å². The number of hydrogen-bond acceptors (Lipinski definition) is 10. The molecule has 34 heavy (non-hydrogen) atoms. The predicted molar refractivity (Wildman–Crippen MR) is 114 cm³/mol. The number of ether oxygens (including phenoxy) is 4. The number of fused-ring (bicyclic) bond motifs is 1. The van der Waals surface area contributed by atoms with Crippen LogP contribution in [0.25, 0.3) is 11.4 Å². The highest BCUT2D eigenvalue weighted by Crippen LogP contribution is 2.35. The molecule has 178 valence electrons. The van der Waals surface area contributed by atoms with Gasteiger partial charge in [-0.1, -0.05) is 5.16 Å². The van der Waals surface area contributed by atoms with E-state index in [0.29, 0.717) is 74.2 Å². The van der Waals surface area contributed by atoms with E-state index in [2.05, 4.69) is 15.2 Å². The van der Waals surface area contributed by atoms with E-state index in [9.17, 15) is 9.59 Å². The van der Waals surface area contributed by atoms with Crippen LogP contribution in [0.5, 0.6) is 11.5 Å². The fourth-order valence-corrected chi connectivity index (χ4v) is 4.48. The number of rotatable bonds is 4. The zero-order chi connectivity index (χ0) is 23.1. The molecule has 12 heteroatoms. The van der Waals surface area contributed by atoms with Crippen molar-refractivity contribution in [3.05, 3.63) is 24.1 Å². The van der Waals surface area contributed by atoms with Crippen LogP contribution in [0.15, 0.2) is 27.8 Å². The number of carbonyl (C=O) groups excluding carboxylic acids is 2. The molecule has 1 spiro atoms. The van der Waals surface area contributed by atoms with Gasteiger partial charge in [0.25, 0.3) is 5.89 Å². The summed E-state index contributed by atoms with van der Waals surface area (Å²) in [5.74, 6) is 0.916. The third-order valence-electron chi connectivity index (χ3n) is 6.39. The molecule has 5 heterocycles. The summed E-state index contributed by atoms with van der Waals surface area (Å²) in [6.07, 6.45) is 1.80. The number of benzene rings is 1. The molecule has 1 aromatic carbocycles. The lowest BCUT2D eigenvalue weighted by Gasteiger charge is -2.38. The molecule has 0 saturated carbocycles. The molecule has 4 aliphatic heterocycles. The summed E-state index contributed by atoms with van der Waals surface area (Å²) >= 11 is 0. The second-order valence-corrected chi connectivity index (χ2v) is 8.48. The average Bonchev–Trinajstić information content (AvgIpc) is 3.62. The van der Waals surface area contributed by atoms with Gasteiger partial charge in [0.2, 0.25) is 24.4 Å². The molecule has 0 radical (unpaired) electrons. The summed E-state index contributed by atoms with van der Waals surface area (Å²) in [5, 5.41) is 9.59. The minimum Gasteiger partial charge on any atom is -0.454 e. The molecule has 0 aliphatic carbocycles. The van der Waals surface area contributed by atoms with Gasteiger partial charge < -0.3 is 28.4 Å². The monoisotopic (exact) mass is 469 g/mol. The summed E-state index contributed by atoms with van der Waals surface area (Å²) in [5.41, 5.74) is 1.18. The zero-order valence-corrected chi connectivity index (χ0v) is 18.4. The zero-order valence-electron chi connectivity index (χ0n) is 18.4. The lowest BCUT2D eigenvalue weighted by molar-refractivity contribution is -0.187. The van der Waals surface area contributed by atoms with Crippen LogP contribution >= 0.6 is 0 Å². The van der Waals surface area contributed by atoms with Crippen molar-refractivity contribution in [3.63, 3.8) is 0 Å². The number of amides is 2. The van der Waals surface area contributed by atoms with E-state index in [4.69, 9.17) is 23.5 Å². The van der Waals surface area contributed by atoms with E-state index in [1.165, 1.54) is 5.01 Å². The molecule has 12 nitrogen and oxygen atoms in total. The van der Waals surface area contributed by atoms with Crippen molar-refractivity contribution in [1.29, 1.82) is 0 Å². The van der Waals surface area contributed by atoms with Gasteiger partial charge in [-0.05, 0) is 18.2 Å². The lowest BCUT2D eigenvalue weighted by Crippen LogP contribution is -2.50. The van der Waals surface area contributed by atoms with Crippen molar-refractivity contribution in [2.24, 2.45) is 5.10 Å². The molecular weight excluding hydrogens is 446 g/mol. The molecular formula is C22H23N5O7. The maximum atomic E-state index is 12.8. The van der Waals surface area contributed by atoms with Crippen LogP contribution < -0.4 is 9.47 Å². The van der Waals surface area contributed by atoms with Gasteiger partial charge in [-0.2, -0.15) is 10.1 Å². The van der Waals surface area contributed by atoms with E-state index in [1.807, 2.05) is 6.07 Å². The minimum atomic E-state index is -0.559. The first kappa shape index (κ1) is 21.1. The molecule has 2 fully saturated rings. The van der Waals surface area contributed by atoms with Gasteiger partial charge in [-0.25, -0.2) is 5.01 Å². The Balaban J connectivity index is 1.13. The van der Waals surface area contributed by atoms with Crippen LogP contribution in [0.4, 0.5) is 0 Å². The Bertz CT molecular complexity index is 1150. The number of hydrogen-bond donors (Lipinski definition) is 0. The number of aromatic nitrogens is 2. The van der Waals surface area contributed by atoms with Crippen molar-refractivity contribution in [2.45, 2.75) is 31.5 Å². The first-order valence-corrected chi connectivity index (χ1v) is 11.3. The Kier molecular flexibility index (Phi) is 5.18. The number of likely N-dealkylation sites (tertiary alicyclic amines) is 1. The number of piperidine rings is 1. The Morgan fingerprint density at radius 2 is 1.85 bits per heavy atom. The molecule has 0 unspecified atom stereocenters. The summed E-state index contributed by atoms with van der Waals surface area (Å²) in [7, 11) is 0. The first-order chi connectivity index (χ1) is 16.6. The molecule has 2 amide bonds. The van der Waals surface area contributed by atoms with Gasteiger partial charge in [0.1, 0.15) is 12.3 Å². The van der Waals surface area contributed by atoms with Crippen molar-refractivity contribution in [2.75, 3.05) is 39.6 Å². The molecule has 0 atom stereocenters. The van der Waals surface area contributed by atoms with Gasteiger partial charge in [0, 0.05) is 44.3 Å². The Labute approximate surface area is 194 Å². The van der Waals surface area contributed by atoms with Crippen LogP contribution in [0, 0.1) is 0 Å². The van der Waals surface area contributed by atoms with E-state index in [-0.39, 0.29) is 37.5 Å². The van der Waals surface area contributed by atoms with E-state index in [0.717, 1.165) is 0 Å². The highest BCUT2D eigenvalue weighted by Gasteiger charge is 2.41. The smallest absolute Gasteiger partial charge is 0.274 e. The van der Waals surface area contributed by atoms with E-state index < -0.39 is 5.79 Å². The fraction of sp³-hybridized carbons (Fsp3) is 0.500. The van der Waals surface area contributed by atoms with Crippen molar-refractivity contribution in [3.8, 4) is 22.9 Å². The van der Waals surface area contributed by atoms with Gasteiger partial charge in [0.15, 0.2) is 17.3 Å². The van der Waals surface area contributed by atoms with Gasteiger partial charge in [-0.15, -0.1) is 0 Å². The fourth-order valence-electron chi connectivity index (χ4n) is 4.48. The molecule has 0 N–H and O–H groups in total. The van der Waals surface area contributed by atoms with Gasteiger partial charge >= 0.3 is 0 Å². The van der Waals surface area contributed by atoms with E-state index in [1.54, 1.807) is 17.0 Å². The first-order valence-electron chi connectivity index (χ1n) is 11.3. The number of nitrogens with zero attached hydrogens (tertiary/aromatic N) is 5. The van der Waals surface area contributed by atoms with Crippen molar-refractivity contribution in [1.82, 2.24) is 20.0 Å². The maximum absolute atomic E-state index is 12.8. The van der Waals surface area contributed by atoms with Crippen LogP contribution in [0.2, 0.25) is 0 Å². The Morgan fingerprint density at radius 1 is 1.06 bits per heavy atom. The second-order valence-electron chi connectivity index (χ2n) is 8.48. The van der Waals surface area contributed by atoms with Crippen LogP contribution in [-0.4, -0.2) is 83.0 Å². The largest absolute Gasteiger partial charge is 0.454 e. The SMILES string of the molecule is O=C(CN1N=C(c2nc(-c3ccc4c(c3)OCO4)no2)CCC1=O)N1CCC2(CC1)OCCO2. The van der Waals surface area contributed by atoms with Crippen LogP contribution in [0.3, 0.4) is 0 Å². The number of carbonyl (C=O) groups is 2. The van der Waals surface area contributed by atoms with Gasteiger partial charge in [0.05, 0.1) is 13.2 Å². The predicted octanol–water partition coefficient (Wildman–Crippen LogP) is 1.16. The molecule has 4 aliphatic rings. The summed E-state index contributed by atoms with van der Waals surface area (Å²) in [6.45, 7) is 2.23. The van der Waals surface area contributed by atoms with E-state index >= 15 is 0 Å². The normalized spacial score (nSPS) is 21.3. The molecule has 2 saturated heterocycles. The molecule has 1 aromatic heterocycles. The lowest BCUT2D eigenvalue weighted by atomic mass is 10.0. The molecule has 2 aromatic rings. The third-order valence-corrected chi connectivity index (χ3v) is 6.39. The van der Waals surface area contributed by atoms with Crippen LogP contribution in [-0.2, 0) is 19.1 Å². The number of hydrazone groups is 1. The highest BCUT2D eigenvalue weighted by molar-refractivity contribution is 6.01. The second kappa shape index (κ2) is 8.37. The van der Waals surface area contributed by atoms with Crippen molar-refractivity contribution < 1.29 is 33.1 Å². The molecule has 6 rings (SSSR count). The van der Waals surface area contributed by atoms with Crippen LogP contribution in [0.1, 0.15) is 31.6 Å². The standard InChI is InChI=1S/C22H23N5O7/c28-18-4-2-15(21-23-20(25-34-21)14-1-3-16-17(11-14)31-13-30-16)24-27(18)12-19(29)26-7-5-22(6-8-26)32-9-10-33-22/h1,3,11H,2,4-10,12-13H2. The highest BCUT2D eigenvalue weighted by atomic mass is 16.7. The minimum absolute atomic E-state index is 0.139. The topological polar surface area (TPSA) is 129 Å². The van der Waals surface area contributed by atoms with Crippen molar-refractivity contribution >= 4 is 17.5 Å². The summed E-state index contributed by atoms with van der Waals surface area (Å²) < 4.78 is 27.6. The Hall–Kier alpha value is -3.51. The maximum Gasteiger partial charge on any atom is 0.274 e. The Morgan fingerprint density at radius 3 is 2.68 bits per heavy atom.